The summed E-state index contributed by atoms with van der Waals surface area (Å²) in [5.41, 5.74) is 1.10. The van der Waals surface area contributed by atoms with Crippen LogP contribution in [-0.2, 0) is 10.2 Å². The highest BCUT2D eigenvalue weighted by Crippen LogP contribution is 2.23. The average Bonchev–Trinajstić information content (AvgIpc) is 2.26. The van der Waals surface area contributed by atoms with Gasteiger partial charge in [0.15, 0.2) is 0 Å². The zero-order valence-corrected chi connectivity index (χ0v) is 13.0. The number of pyridine rings is 1. The van der Waals surface area contributed by atoms with Crippen LogP contribution in [0.2, 0.25) is 5.15 Å². The average molecular weight is 284 g/mol. The molecule has 0 radical (unpaired) electrons. The molecule has 0 aliphatic heterocycles. The largest absolute Gasteiger partial charge is 0.462 e. The van der Waals surface area contributed by atoms with E-state index in [0.29, 0.717) is 23.2 Å². The van der Waals surface area contributed by atoms with Gasteiger partial charge in [-0.1, -0.05) is 46.2 Å². The first-order valence-corrected chi connectivity index (χ1v) is 6.93. The van der Waals surface area contributed by atoms with Crippen LogP contribution in [0.25, 0.3) is 0 Å². The topological polar surface area (TPSA) is 39.2 Å². The van der Waals surface area contributed by atoms with E-state index in [4.69, 9.17) is 16.3 Å². The van der Waals surface area contributed by atoms with Crippen molar-refractivity contribution in [2.45, 2.75) is 46.5 Å². The number of hydrogen-bond donors (Lipinski definition) is 0. The van der Waals surface area contributed by atoms with Crippen LogP contribution in [0.3, 0.4) is 0 Å². The van der Waals surface area contributed by atoms with Crippen molar-refractivity contribution in [3.05, 3.63) is 28.5 Å². The summed E-state index contributed by atoms with van der Waals surface area (Å²) in [6, 6.07) is 3.30. The van der Waals surface area contributed by atoms with E-state index in [2.05, 4.69) is 18.8 Å². The molecule has 1 aromatic rings. The number of carbonyl (C=O) groups excluding carboxylic acids is 1. The molecule has 0 bridgehead atoms. The van der Waals surface area contributed by atoms with Crippen molar-refractivity contribution < 1.29 is 9.53 Å². The summed E-state index contributed by atoms with van der Waals surface area (Å²) in [4.78, 5) is 16.2. The van der Waals surface area contributed by atoms with Gasteiger partial charge < -0.3 is 4.74 Å². The number of ether oxygens (including phenoxy) is 1. The Morgan fingerprint density at radius 3 is 2.53 bits per heavy atom. The maximum atomic E-state index is 11.9. The van der Waals surface area contributed by atoms with Gasteiger partial charge in [-0.15, -0.1) is 0 Å². The molecule has 0 amide bonds. The third kappa shape index (κ3) is 5.19. The van der Waals surface area contributed by atoms with Crippen LogP contribution < -0.4 is 0 Å². The predicted octanol–water partition coefficient (Wildman–Crippen LogP) is 4.24. The van der Waals surface area contributed by atoms with Crippen molar-refractivity contribution in [1.82, 2.24) is 4.98 Å². The summed E-state index contributed by atoms with van der Waals surface area (Å²) < 4.78 is 5.24. The molecule has 1 aromatic heterocycles. The lowest BCUT2D eigenvalue weighted by molar-refractivity contribution is 0.0487. The molecule has 0 aliphatic carbocycles. The van der Waals surface area contributed by atoms with Gasteiger partial charge in [0.2, 0.25) is 0 Å². The van der Waals surface area contributed by atoms with Gasteiger partial charge in [0.1, 0.15) is 5.15 Å². The molecule has 0 atom stereocenters. The molecular weight excluding hydrogens is 262 g/mol. The molecule has 3 nitrogen and oxygen atoms in total. The van der Waals surface area contributed by atoms with Crippen LogP contribution in [0.4, 0.5) is 0 Å². The van der Waals surface area contributed by atoms with Crippen molar-refractivity contribution in [3.8, 4) is 0 Å². The van der Waals surface area contributed by atoms with Crippen molar-refractivity contribution in [3.63, 3.8) is 0 Å². The molecule has 1 rings (SSSR count). The molecule has 1 heterocycles. The lowest BCUT2D eigenvalue weighted by atomic mass is 9.91. The van der Waals surface area contributed by atoms with Crippen LogP contribution in [0.5, 0.6) is 0 Å². The van der Waals surface area contributed by atoms with E-state index in [0.717, 1.165) is 12.1 Å². The highest BCUT2D eigenvalue weighted by Gasteiger charge is 2.19. The number of halogens is 1. The number of rotatable bonds is 4. The molecule has 0 spiro atoms. The standard InChI is InChI=1S/C15H22ClNO2/c1-10(2)6-7-19-14(18)11-8-12(15(3,4)5)17-13(16)9-11/h8-10H,6-7H2,1-5H3. The highest BCUT2D eigenvalue weighted by atomic mass is 35.5. The molecule has 0 aromatic carbocycles. The Bertz CT molecular complexity index is 450. The molecule has 0 N–H and O–H groups in total. The lowest BCUT2D eigenvalue weighted by Gasteiger charge is -2.18. The molecule has 4 heteroatoms. The fourth-order valence-corrected chi connectivity index (χ4v) is 1.68. The summed E-state index contributed by atoms with van der Waals surface area (Å²) in [6.07, 6.45) is 0.858. The molecule has 0 fully saturated rings. The van der Waals surface area contributed by atoms with Crippen LogP contribution in [0, 0.1) is 5.92 Å². The van der Waals surface area contributed by atoms with E-state index < -0.39 is 0 Å². The summed E-state index contributed by atoms with van der Waals surface area (Å²) >= 11 is 5.97. The zero-order valence-electron chi connectivity index (χ0n) is 12.3. The minimum atomic E-state index is -0.338. The molecule has 0 saturated carbocycles. The predicted molar refractivity (Wildman–Crippen MR) is 77.7 cm³/mol. The third-order valence-corrected chi connectivity index (χ3v) is 2.92. The van der Waals surface area contributed by atoms with E-state index in [1.165, 1.54) is 0 Å². The monoisotopic (exact) mass is 283 g/mol. The molecule has 0 aliphatic rings. The number of aromatic nitrogens is 1. The highest BCUT2D eigenvalue weighted by molar-refractivity contribution is 6.29. The zero-order chi connectivity index (χ0) is 14.6. The quantitative estimate of drug-likeness (QED) is 0.613. The van der Waals surface area contributed by atoms with E-state index in [9.17, 15) is 4.79 Å². The smallest absolute Gasteiger partial charge is 0.338 e. The Morgan fingerprint density at radius 1 is 1.37 bits per heavy atom. The maximum absolute atomic E-state index is 11.9. The molecule has 106 valence electrons. The SMILES string of the molecule is CC(C)CCOC(=O)c1cc(Cl)nc(C(C)(C)C)c1. The van der Waals surface area contributed by atoms with Gasteiger partial charge >= 0.3 is 5.97 Å². The molecule has 0 saturated heterocycles. The number of nitrogens with zero attached hydrogens (tertiary/aromatic N) is 1. The second kappa shape index (κ2) is 6.38. The summed E-state index contributed by atoms with van der Waals surface area (Å²) in [7, 11) is 0. The fraction of sp³-hybridized carbons (Fsp3) is 0.600. The van der Waals surface area contributed by atoms with Gasteiger partial charge in [-0.2, -0.15) is 0 Å². The normalized spacial score (nSPS) is 11.7. The second-order valence-corrected chi connectivity index (χ2v) is 6.52. The van der Waals surface area contributed by atoms with E-state index in [-0.39, 0.29) is 11.4 Å². The third-order valence-electron chi connectivity index (χ3n) is 2.73. The second-order valence-electron chi connectivity index (χ2n) is 6.13. The number of hydrogen-bond acceptors (Lipinski definition) is 3. The van der Waals surface area contributed by atoms with E-state index >= 15 is 0 Å². The molecule has 19 heavy (non-hydrogen) atoms. The summed E-state index contributed by atoms with van der Waals surface area (Å²) in [6.45, 7) is 10.7. The minimum absolute atomic E-state index is 0.155. The van der Waals surface area contributed by atoms with E-state index in [1.54, 1.807) is 12.1 Å². The Labute approximate surface area is 120 Å². The van der Waals surface area contributed by atoms with Gasteiger partial charge in [-0.05, 0) is 24.5 Å². The van der Waals surface area contributed by atoms with Crippen LogP contribution in [0.15, 0.2) is 12.1 Å². The van der Waals surface area contributed by atoms with Gasteiger partial charge in [0.25, 0.3) is 0 Å². The van der Waals surface area contributed by atoms with Crippen LogP contribution in [-0.4, -0.2) is 17.6 Å². The number of esters is 1. The van der Waals surface area contributed by atoms with Crippen molar-refractivity contribution >= 4 is 17.6 Å². The van der Waals surface area contributed by atoms with Gasteiger partial charge in [0, 0.05) is 11.1 Å². The van der Waals surface area contributed by atoms with Gasteiger partial charge in [0.05, 0.1) is 12.2 Å². The lowest BCUT2D eigenvalue weighted by Crippen LogP contribution is -2.16. The molecular formula is C15H22ClNO2. The first kappa shape index (κ1) is 16.0. The number of carbonyl (C=O) groups is 1. The Balaban J connectivity index is 2.83. The molecule has 0 unspecified atom stereocenters. The Morgan fingerprint density at radius 2 is 2.00 bits per heavy atom. The Kier molecular flexibility index (Phi) is 5.36. The van der Waals surface area contributed by atoms with Crippen LogP contribution >= 0.6 is 11.6 Å². The van der Waals surface area contributed by atoms with Crippen molar-refractivity contribution in [2.75, 3.05) is 6.61 Å². The summed E-state index contributed by atoms with van der Waals surface area (Å²) in [5.74, 6) is 0.175. The summed E-state index contributed by atoms with van der Waals surface area (Å²) in [5, 5.41) is 0.322. The Hall–Kier alpha value is -1.09. The van der Waals surface area contributed by atoms with E-state index in [1.807, 2.05) is 20.8 Å². The first-order chi connectivity index (χ1) is 8.70. The van der Waals surface area contributed by atoms with Gasteiger partial charge in [-0.25, -0.2) is 9.78 Å². The van der Waals surface area contributed by atoms with Crippen molar-refractivity contribution in [1.29, 1.82) is 0 Å². The van der Waals surface area contributed by atoms with Crippen LogP contribution in [0.1, 0.15) is 57.1 Å². The minimum Gasteiger partial charge on any atom is -0.462 e. The maximum Gasteiger partial charge on any atom is 0.338 e. The fourth-order valence-electron chi connectivity index (χ4n) is 1.47. The first-order valence-electron chi connectivity index (χ1n) is 6.55. The van der Waals surface area contributed by atoms with Crippen molar-refractivity contribution in [2.24, 2.45) is 5.92 Å². The van der Waals surface area contributed by atoms with Gasteiger partial charge in [-0.3, -0.25) is 0 Å².